The molecule has 4 rings (SSSR count). The van der Waals surface area contributed by atoms with Gasteiger partial charge in [-0.25, -0.2) is 0 Å². The Morgan fingerprint density at radius 3 is 2.95 bits per heavy atom. The lowest BCUT2D eigenvalue weighted by Crippen LogP contribution is -2.27. The molecule has 1 aromatic carbocycles. The third-order valence-corrected chi connectivity index (χ3v) is 4.86. The summed E-state index contributed by atoms with van der Waals surface area (Å²) < 4.78 is 1.95. The van der Waals surface area contributed by atoms with Crippen molar-refractivity contribution in [3.8, 4) is 0 Å². The van der Waals surface area contributed by atoms with Gasteiger partial charge >= 0.3 is 0 Å². The third kappa shape index (κ3) is 2.01. The third-order valence-electron chi connectivity index (χ3n) is 4.07. The second kappa shape index (κ2) is 5.04. The number of hydrogen-bond acceptors (Lipinski definition) is 2. The van der Waals surface area contributed by atoms with Gasteiger partial charge in [0.25, 0.3) is 0 Å². The van der Waals surface area contributed by atoms with Gasteiger partial charge in [0.15, 0.2) is 0 Å². The maximum Gasteiger partial charge on any atom is 0.239 e. The van der Waals surface area contributed by atoms with Crippen LogP contribution in [0.25, 0.3) is 10.9 Å². The van der Waals surface area contributed by atoms with E-state index in [9.17, 15) is 4.79 Å². The van der Waals surface area contributed by atoms with Crippen molar-refractivity contribution in [1.82, 2.24) is 20.1 Å². The summed E-state index contributed by atoms with van der Waals surface area (Å²) in [7, 11) is 0. The predicted octanol–water partition coefficient (Wildman–Crippen LogP) is 2.93. The van der Waals surface area contributed by atoms with E-state index < -0.39 is 0 Å². The van der Waals surface area contributed by atoms with Gasteiger partial charge in [-0.3, -0.25) is 9.89 Å². The topological polar surface area (TPSA) is 62.7 Å². The molecule has 0 saturated carbocycles. The number of H-pyrrole nitrogens is 1. The van der Waals surface area contributed by atoms with Crippen LogP contribution in [0.2, 0.25) is 10.0 Å². The van der Waals surface area contributed by atoms with Gasteiger partial charge in [-0.2, -0.15) is 5.10 Å². The van der Waals surface area contributed by atoms with Crippen molar-refractivity contribution in [1.29, 1.82) is 0 Å². The van der Waals surface area contributed by atoms with Gasteiger partial charge in [0, 0.05) is 35.3 Å². The van der Waals surface area contributed by atoms with Crippen LogP contribution < -0.4 is 5.32 Å². The zero-order valence-electron chi connectivity index (χ0n) is 11.4. The van der Waals surface area contributed by atoms with Crippen LogP contribution in [0.4, 0.5) is 0 Å². The van der Waals surface area contributed by atoms with Gasteiger partial charge in [-0.1, -0.05) is 29.3 Å². The van der Waals surface area contributed by atoms with Crippen molar-refractivity contribution >= 4 is 40.0 Å². The van der Waals surface area contributed by atoms with Crippen LogP contribution in [0.3, 0.4) is 0 Å². The lowest BCUT2D eigenvalue weighted by Gasteiger charge is -2.14. The molecule has 3 heterocycles. The summed E-state index contributed by atoms with van der Waals surface area (Å²) in [6.45, 7) is 0.757. The van der Waals surface area contributed by atoms with Crippen LogP contribution in [0.15, 0.2) is 30.6 Å². The molecule has 1 aliphatic heterocycles. The van der Waals surface area contributed by atoms with Gasteiger partial charge in [-0.15, -0.1) is 0 Å². The SMILES string of the molecule is O=C1Cn2c(cc3ccc(Cl)c(Cl)c32)C(c2cn[nH]c2)CN1. The fraction of sp³-hybridized carbons (Fsp3) is 0.200. The fourth-order valence-electron chi connectivity index (χ4n) is 3.03. The van der Waals surface area contributed by atoms with E-state index in [1.807, 2.05) is 16.8 Å². The molecule has 0 spiro atoms. The molecule has 1 amide bonds. The second-order valence-corrected chi connectivity index (χ2v) is 6.13. The van der Waals surface area contributed by atoms with Gasteiger partial charge in [0.2, 0.25) is 5.91 Å². The Labute approximate surface area is 136 Å². The normalized spacial score (nSPS) is 18.1. The fourth-order valence-corrected chi connectivity index (χ4v) is 3.46. The van der Waals surface area contributed by atoms with Gasteiger partial charge in [0.05, 0.1) is 21.8 Å². The van der Waals surface area contributed by atoms with E-state index in [2.05, 4.69) is 21.6 Å². The summed E-state index contributed by atoms with van der Waals surface area (Å²) >= 11 is 12.5. The van der Waals surface area contributed by atoms with Crippen LogP contribution in [0.1, 0.15) is 17.2 Å². The molecule has 2 aromatic heterocycles. The molecule has 1 atom stereocenters. The molecule has 1 unspecified atom stereocenters. The molecule has 0 bridgehead atoms. The van der Waals surface area contributed by atoms with Crippen LogP contribution in [0, 0.1) is 0 Å². The number of aromatic nitrogens is 3. The summed E-state index contributed by atoms with van der Waals surface area (Å²) in [5.41, 5.74) is 2.85. The average Bonchev–Trinajstić information content (AvgIpc) is 3.10. The Balaban J connectivity index is 2.00. The van der Waals surface area contributed by atoms with Crippen LogP contribution in [-0.4, -0.2) is 27.2 Å². The highest BCUT2D eigenvalue weighted by atomic mass is 35.5. The number of fused-ring (bicyclic) bond motifs is 3. The number of nitrogens with zero attached hydrogens (tertiary/aromatic N) is 2. The van der Waals surface area contributed by atoms with Gasteiger partial charge < -0.3 is 9.88 Å². The quantitative estimate of drug-likeness (QED) is 0.718. The number of hydrogen-bond donors (Lipinski definition) is 2. The van der Waals surface area contributed by atoms with Gasteiger partial charge in [-0.05, 0) is 12.1 Å². The van der Waals surface area contributed by atoms with Crippen molar-refractivity contribution < 1.29 is 4.79 Å². The minimum Gasteiger partial charge on any atom is -0.354 e. The summed E-state index contributed by atoms with van der Waals surface area (Å²) in [6, 6.07) is 5.77. The Kier molecular flexibility index (Phi) is 3.13. The minimum absolute atomic E-state index is 0.0208. The van der Waals surface area contributed by atoms with E-state index in [1.165, 1.54) is 0 Å². The highest BCUT2D eigenvalue weighted by Gasteiger charge is 2.27. The second-order valence-electron chi connectivity index (χ2n) is 5.34. The number of halogens is 2. The van der Waals surface area contributed by atoms with E-state index in [-0.39, 0.29) is 18.4 Å². The number of rotatable bonds is 1. The molecule has 7 heteroatoms. The lowest BCUT2D eigenvalue weighted by molar-refractivity contribution is -0.121. The molecular weight excluding hydrogens is 323 g/mol. The first kappa shape index (κ1) is 13.7. The highest BCUT2D eigenvalue weighted by molar-refractivity contribution is 6.45. The molecule has 5 nitrogen and oxygen atoms in total. The number of nitrogens with one attached hydrogen (secondary N) is 2. The van der Waals surface area contributed by atoms with E-state index >= 15 is 0 Å². The lowest BCUT2D eigenvalue weighted by atomic mass is 9.99. The van der Waals surface area contributed by atoms with Crippen LogP contribution in [-0.2, 0) is 11.3 Å². The Bertz CT molecular complexity index is 869. The van der Waals surface area contributed by atoms with E-state index in [0.29, 0.717) is 16.6 Å². The molecule has 0 aliphatic carbocycles. The Morgan fingerprint density at radius 2 is 2.18 bits per heavy atom. The molecule has 0 radical (unpaired) electrons. The van der Waals surface area contributed by atoms with Crippen molar-refractivity contribution in [2.75, 3.05) is 6.54 Å². The van der Waals surface area contributed by atoms with Crippen LogP contribution >= 0.6 is 23.2 Å². The van der Waals surface area contributed by atoms with Crippen molar-refractivity contribution in [3.63, 3.8) is 0 Å². The Hall–Kier alpha value is -1.98. The monoisotopic (exact) mass is 334 g/mol. The maximum absolute atomic E-state index is 12.1. The molecule has 1 aliphatic rings. The molecule has 22 heavy (non-hydrogen) atoms. The van der Waals surface area contributed by atoms with Gasteiger partial charge in [0.1, 0.15) is 6.54 Å². The summed E-state index contributed by atoms with van der Waals surface area (Å²) in [5, 5.41) is 11.7. The minimum atomic E-state index is -0.0409. The number of benzene rings is 1. The summed E-state index contributed by atoms with van der Waals surface area (Å²) in [5.74, 6) is -0.0202. The molecule has 0 saturated heterocycles. The van der Waals surface area contributed by atoms with E-state index in [0.717, 1.165) is 22.2 Å². The first-order valence-corrected chi connectivity index (χ1v) is 7.63. The number of carbonyl (C=O) groups is 1. The summed E-state index contributed by atoms with van der Waals surface area (Å²) in [6.07, 6.45) is 3.62. The Morgan fingerprint density at radius 1 is 1.32 bits per heavy atom. The van der Waals surface area contributed by atoms with Crippen molar-refractivity contribution in [2.24, 2.45) is 0 Å². The first-order chi connectivity index (χ1) is 10.6. The van der Waals surface area contributed by atoms with E-state index in [1.54, 1.807) is 12.3 Å². The number of aromatic amines is 1. The first-order valence-electron chi connectivity index (χ1n) is 6.87. The number of amides is 1. The zero-order valence-corrected chi connectivity index (χ0v) is 12.9. The smallest absolute Gasteiger partial charge is 0.239 e. The summed E-state index contributed by atoms with van der Waals surface area (Å²) in [4.78, 5) is 12.1. The number of carbonyl (C=O) groups excluding carboxylic acids is 1. The predicted molar refractivity (Wildman–Crippen MR) is 85.4 cm³/mol. The van der Waals surface area contributed by atoms with Crippen molar-refractivity contribution in [2.45, 2.75) is 12.5 Å². The zero-order chi connectivity index (χ0) is 15.3. The highest BCUT2D eigenvalue weighted by Crippen LogP contribution is 2.37. The maximum atomic E-state index is 12.1. The standard InChI is InChI=1S/C15H12Cl2N4O/c16-11-2-1-8-3-12-10(9-4-19-20-5-9)6-18-13(22)7-21(12)15(8)14(11)17/h1-5,10H,6-7H2,(H,18,22)(H,19,20). The molecule has 3 aromatic rings. The van der Waals surface area contributed by atoms with E-state index in [4.69, 9.17) is 23.2 Å². The molecule has 2 N–H and O–H groups in total. The molecular formula is C15H12Cl2N4O. The largest absolute Gasteiger partial charge is 0.354 e. The molecule has 112 valence electrons. The van der Waals surface area contributed by atoms with Crippen molar-refractivity contribution in [3.05, 3.63) is 51.9 Å². The van der Waals surface area contributed by atoms with Crippen LogP contribution in [0.5, 0.6) is 0 Å². The average molecular weight is 335 g/mol. The molecule has 0 fully saturated rings.